The van der Waals surface area contributed by atoms with Crippen molar-refractivity contribution in [3.8, 4) is 0 Å². The Balaban J connectivity index is 1.47. The van der Waals surface area contributed by atoms with Crippen LogP contribution in [0.2, 0.25) is 0 Å². The van der Waals surface area contributed by atoms with Crippen molar-refractivity contribution in [3.05, 3.63) is 69.7 Å². The van der Waals surface area contributed by atoms with Gasteiger partial charge in [-0.3, -0.25) is 0 Å². The van der Waals surface area contributed by atoms with Gasteiger partial charge in [0.1, 0.15) is 0 Å². The standard InChI is InChI=1S/C18H20BrNO/c19-17-6-4-15(5-7-17)16-9-18(10-16)20-11-13-2-1-3-14(8-13)12-21/h1-8,16,18,20-21H,9-12H2. The normalized spacial score (nSPS) is 21.0. The lowest BCUT2D eigenvalue weighted by atomic mass is 9.76. The number of hydrogen-bond donors (Lipinski definition) is 2. The molecule has 0 bridgehead atoms. The van der Waals surface area contributed by atoms with E-state index >= 15 is 0 Å². The Kier molecular flexibility index (Phi) is 4.73. The zero-order valence-electron chi connectivity index (χ0n) is 11.9. The topological polar surface area (TPSA) is 32.3 Å². The minimum atomic E-state index is 0.114. The lowest BCUT2D eigenvalue weighted by Gasteiger charge is -2.36. The molecule has 3 rings (SSSR count). The van der Waals surface area contributed by atoms with Gasteiger partial charge in [-0.05, 0) is 47.6 Å². The molecule has 3 heteroatoms. The molecule has 0 unspecified atom stereocenters. The van der Waals surface area contributed by atoms with E-state index in [2.05, 4.69) is 57.6 Å². The van der Waals surface area contributed by atoms with Gasteiger partial charge in [0.25, 0.3) is 0 Å². The molecule has 2 N–H and O–H groups in total. The molecule has 0 saturated heterocycles. The Morgan fingerprint density at radius 3 is 2.48 bits per heavy atom. The van der Waals surface area contributed by atoms with Crippen molar-refractivity contribution in [2.45, 2.75) is 38.0 Å². The summed E-state index contributed by atoms with van der Waals surface area (Å²) in [7, 11) is 0. The molecule has 2 nitrogen and oxygen atoms in total. The zero-order valence-corrected chi connectivity index (χ0v) is 13.5. The van der Waals surface area contributed by atoms with Crippen molar-refractivity contribution in [2.24, 2.45) is 0 Å². The van der Waals surface area contributed by atoms with Crippen LogP contribution in [0.1, 0.15) is 35.4 Å². The van der Waals surface area contributed by atoms with E-state index in [-0.39, 0.29) is 6.61 Å². The number of halogens is 1. The summed E-state index contributed by atoms with van der Waals surface area (Å²) in [5.41, 5.74) is 3.67. The third kappa shape index (κ3) is 3.73. The Labute approximate surface area is 134 Å². The van der Waals surface area contributed by atoms with Crippen molar-refractivity contribution >= 4 is 15.9 Å². The van der Waals surface area contributed by atoms with E-state index in [1.165, 1.54) is 24.0 Å². The van der Waals surface area contributed by atoms with Crippen LogP contribution in [0.15, 0.2) is 53.0 Å². The third-order valence-electron chi connectivity index (χ3n) is 4.25. The van der Waals surface area contributed by atoms with Gasteiger partial charge in [-0.15, -0.1) is 0 Å². The highest BCUT2D eigenvalue weighted by Crippen LogP contribution is 2.37. The summed E-state index contributed by atoms with van der Waals surface area (Å²) in [6, 6.07) is 17.4. The third-order valence-corrected chi connectivity index (χ3v) is 4.78. The van der Waals surface area contributed by atoms with Gasteiger partial charge < -0.3 is 10.4 Å². The Morgan fingerprint density at radius 2 is 1.76 bits per heavy atom. The Hall–Kier alpha value is -1.16. The summed E-state index contributed by atoms with van der Waals surface area (Å²) in [5.74, 6) is 0.694. The summed E-state index contributed by atoms with van der Waals surface area (Å²) < 4.78 is 1.14. The monoisotopic (exact) mass is 345 g/mol. The number of rotatable bonds is 5. The van der Waals surface area contributed by atoms with Crippen molar-refractivity contribution < 1.29 is 5.11 Å². The van der Waals surface area contributed by atoms with E-state index in [9.17, 15) is 0 Å². The predicted octanol–water partition coefficient (Wildman–Crippen LogP) is 3.98. The zero-order chi connectivity index (χ0) is 14.7. The van der Waals surface area contributed by atoms with Crippen molar-refractivity contribution in [1.82, 2.24) is 5.32 Å². The smallest absolute Gasteiger partial charge is 0.0681 e. The highest BCUT2D eigenvalue weighted by atomic mass is 79.9. The van der Waals surface area contributed by atoms with Crippen molar-refractivity contribution in [1.29, 1.82) is 0 Å². The molecule has 0 amide bonds. The highest BCUT2D eigenvalue weighted by molar-refractivity contribution is 9.10. The van der Waals surface area contributed by atoms with Crippen LogP contribution in [-0.4, -0.2) is 11.1 Å². The molecule has 2 aromatic rings. The fourth-order valence-electron chi connectivity index (χ4n) is 2.89. The van der Waals surface area contributed by atoms with Crippen LogP contribution in [-0.2, 0) is 13.2 Å². The summed E-state index contributed by atoms with van der Waals surface area (Å²) in [5, 5.41) is 12.8. The van der Waals surface area contributed by atoms with Crippen LogP contribution < -0.4 is 5.32 Å². The molecule has 0 spiro atoms. The Morgan fingerprint density at radius 1 is 1.05 bits per heavy atom. The van der Waals surface area contributed by atoms with Crippen LogP contribution in [0.3, 0.4) is 0 Å². The average molecular weight is 346 g/mol. The molecule has 21 heavy (non-hydrogen) atoms. The molecule has 2 aromatic carbocycles. The molecule has 0 aliphatic heterocycles. The maximum absolute atomic E-state index is 9.15. The molecule has 1 fully saturated rings. The molecule has 1 aliphatic carbocycles. The molecule has 1 saturated carbocycles. The van der Waals surface area contributed by atoms with Gasteiger partial charge in [0, 0.05) is 17.1 Å². The van der Waals surface area contributed by atoms with E-state index in [1.807, 2.05) is 12.1 Å². The minimum Gasteiger partial charge on any atom is -0.392 e. The summed E-state index contributed by atoms with van der Waals surface area (Å²) in [6.45, 7) is 0.995. The fraction of sp³-hybridized carbons (Fsp3) is 0.333. The lowest BCUT2D eigenvalue weighted by molar-refractivity contribution is 0.281. The van der Waals surface area contributed by atoms with Crippen LogP contribution >= 0.6 is 15.9 Å². The molecule has 0 heterocycles. The van der Waals surface area contributed by atoms with Crippen LogP contribution in [0.25, 0.3) is 0 Å². The number of hydrogen-bond acceptors (Lipinski definition) is 2. The second kappa shape index (κ2) is 6.73. The average Bonchev–Trinajstić information content (AvgIpc) is 2.47. The Bertz CT molecular complexity index is 590. The SMILES string of the molecule is OCc1cccc(CNC2CC(c3ccc(Br)cc3)C2)c1. The summed E-state index contributed by atoms with van der Waals surface area (Å²) in [6.07, 6.45) is 2.42. The van der Waals surface area contributed by atoms with Gasteiger partial charge in [0.2, 0.25) is 0 Å². The quantitative estimate of drug-likeness (QED) is 0.858. The first-order valence-corrected chi connectivity index (χ1v) is 8.21. The first-order chi connectivity index (χ1) is 10.2. The number of nitrogens with one attached hydrogen (secondary N) is 1. The fourth-order valence-corrected chi connectivity index (χ4v) is 3.16. The molecular weight excluding hydrogens is 326 g/mol. The summed E-state index contributed by atoms with van der Waals surface area (Å²) >= 11 is 3.48. The van der Waals surface area contributed by atoms with Gasteiger partial charge in [-0.25, -0.2) is 0 Å². The summed E-state index contributed by atoms with van der Waals surface area (Å²) in [4.78, 5) is 0. The van der Waals surface area contributed by atoms with Gasteiger partial charge >= 0.3 is 0 Å². The van der Waals surface area contributed by atoms with Gasteiger partial charge in [0.05, 0.1) is 6.61 Å². The van der Waals surface area contributed by atoms with Gasteiger partial charge in [-0.1, -0.05) is 52.3 Å². The van der Waals surface area contributed by atoms with Gasteiger partial charge in [-0.2, -0.15) is 0 Å². The molecule has 0 radical (unpaired) electrons. The van der Waals surface area contributed by atoms with Crippen LogP contribution in [0, 0.1) is 0 Å². The van der Waals surface area contributed by atoms with E-state index < -0.39 is 0 Å². The largest absolute Gasteiger partial charge is 0.392 e. The number of benzene rings is 2. The van der Waals surface area contributed by atoms with E-state index in [0.29, 0.717) is 12.0 Å². The number of aliphatic hydroxyl groups is 1. The first-order valence-electron chi connectivity index (χ1n) is 7.42. The van der Waals surface area contributed by atoms with E-state index in [4.69, 9.17) is 5.11 Å². The maximum Gasteiger partial charge on any atom is 0.0681 e. The minimum absolute atomic E-state index is 0.114. The second-order valence-electron chi connectivity index (χ2n) is 5.78. The first kappa shape index (κ1) is 14.8. The molecule has 110 valence electrons. The van der Waals surface area contributed by atoms with E-state index in [0.717, 1.165) is 16.6 Å². The second-order valence-corrected chi connectivity index (χ2v) is 6.69. The van der Waals surface area contributed by atoms with Gasteiger partial charge in [0.15, 0.2) is 0 Å². The highest BCUT2D eigenvalue weighted by Gasteiger charge is 2.29. The van der Waals surface area contributed by atoms with Crippen molar-refractivity contribution in [3.63, 3.8) is 0 Å². The molecular formula is C18H20BrNO. The lowest BCUT2D eigenvalue weighted by Crippen LogP contribution is -2.39. The number of aliphatic hydroxyl groups excluding tert-OH is 1. The molecule has 0 aromatic heterocycles. The predicted molar refractivity (Wildman–Crippen MR) is 89.1 cm³/mol. The molecule has 1 aliphatic rings. The van der Waals surface area contributed by atoms with E-state index in [1.54, 1.807) is 0 Å². The van der Waals surface area contributed by atoms with Crippen LogP contribution in [0.4, 0.5) is 0 Å². The molecule has 0 atom stereocenters. The van der Waals surface area contributed by atoms with Crippen LogP contribution in [0.5, 0.6) is 0 Å². The van der Waals surface area contributed by atoms with Crippen molar-refractivity contribution in [2.75, 3.05) is 0 Å². The maximum atomic E-state index is 9.15.